The van der Waals surface area contributed by atoms with E-state index in [2.05, 4.69) is 19.2 Å². The number of nitrogens with one attached hydrogen (secondary N) is 1. The number of hydrogen-bond donors (Lipinski definition) is 1. The summed E-state index contributed by atoms with van der Waals surface area (Å²) >= 11 is 0. The van der Waals surface area contributed by atoms with Gasteiger partial charge in [-0.15, -0.1) is 0 Å². The molecule has 24 heavy (non-hydrogen) atoms. The van der Waals surface area contributed by atoms with Crippen LogP contribution in [0.15, 0.2) is 48.5 Å². The molecule has 0 fully saturated rings. The van der Waals surface area contributed by atoms with Gasteiger partial charge in [-0.05, 0) is 49.6 Å². The molecule has 0 aliphatic carbocycles. The Kier molecular flexibility index (Phi) is 5.74. The van der Waals surface area contributed by atoms with Gasteiger partial charge in [0.2, 0.25) is 0 Å². The first-order valence-corrected chi connectivity index (χ1v) is 8.06. The lowest BCUT2D eigenvalue weighted by molar-refractivity contribution is -0.122. The van der Waals surface area contributed by atoms with E-state index in [1.54, 1.807) is 31.2 Å². The fraction of sp³-hybridized carbons (Fsp3) is 0.300. The largest absolute Gasteiger partial charge is 0.481 e. The second-order valence-corrected chi connectivity index (χ2v) is 6.07. The van der Waals surface area contributed by atoms with Crippen LogP contribution in [0.4, 0.5) is 5.69 Å². The van der Waals surface area contributed by atoms with Crippen molar-refractivity contribution in [1.29, 1.82) is 0 Å². The van der Waals surface area contributed by atoms with Crippen molar-refractivity contribution in [2.45, 2.75) is 39.7 Å². The van der Waals surface area contributed by atoms with Gasteiger partial charge < -0.3 is 10.1 Å². The molecule has 4 nitrogen and oxygen atoms in total. The average Bonchev–Trinajstić information content (AvgIpc) is 2.55. The number of ether oxygens (including phenoxy) is 1. The Hall–Kier alpha value is -2.62. The number of amides is 1. The number of carbonyl (C=O) groups is 2. The Bertz CT molecular complexity index is 720. The number of rotatable bonds is 6. The zero-order valence-electron chi connectivity index (χ0n) is 14.5. The second-order valence-electron chi connectivity index (χ2n) is 6.07. The van der Waals surface area contributed by atoms with E-state index >= 15 is 0 Å². The minimum absolute atomic E-state index is 0.0938. The molecule has 0 aliphatic rings. The number of Topliss-reactive ketones (excluding diaryl/α,β-unsaturated/α-hetero) is 1. The molecule has 1 unspecified atom stereocenters. The zero-order valence-corrected chi connectivity index (χ0v) is 14.5. The molecule has 0 saturated heterocycles. The van der Waals surface area contributed by atoms with E-state index in [1.165, 1.54) is 12.5 Å². The predicted molar refractivity (Wildman–Crippen MR) is 95.7 cm³/mol. The summed E-state index contributed by atoms with van der Waals surface area (Å²) in [4.78, 5) is 23.9. The number of benzene rings is 2. The summed E-state index contributed by atoms with van der Waals surface area (Å²) in [5.74, 6) is 0.699. The van der Waals surface area contributed by atoms with E-state index in [9.17, 15) is 9.59 Å². The molecule has 2 rings (SSSR count). The lowest BCUT2D eigenvalue weighted by atomic mass is 10.0. The first-order valence-electron chi connectivity index (χ1n) is 8.06. The van der Waals surface area contributed by atoms with Crippen LogP contribution < -0.4 is 10.1 Å². The molecule has 1 atom stereocenters. The molecule has 0 heterocycles. The van der Waals surface area contributed by atoms with E-state index in [4.69, 9.17) is 4.74 Å². The van der Waals surface area contributed by atoms with E-state index in [0.29, 0.717) is 22.9 Å². The standard InChI is InChI=1S/C20H23NO3/c1-13(2)16-9-11-17(12-10-16)24-15(4)20(23)21-19-8-6-5-7-18(19)14(3)22/h5-13,15H,1-4H3,(H,21,23). The summed E-state index contributed by atoms with van der Waals surface area (Å²) in [6.45, 7) is 7.40. The van der Waals surface area contributed by atoms with Crippen LogP contribution in [-0.4, -0.2) is 17.8 Å². The summed E-state index contributed by atoms with van der Waals surface area (Å²) in [6.07, 6.45) is -0.671. The Morgan fingerprint density at radius 2 is 1.58 bits per heavy atom. The highest BCUT2D eigenvalue weighted by molar-refractivity contribution is 6.04. The quantitative estimate of drug-likeness (QED) is 0.800. The normalized spacial score (nSPS) is 11.9. The predicted octanol–water partition coefficient (Wildman–Crippen LogP) is 4.42. The molecule has 1 N–H and O–H groups in total. The van der Waals surface area contributed by atoms with Gasteiger partial charge in [0.1, 0.15) is 5.75 Å². The van der Waals surface area contributed by atoms with Gasteiger partial charge in [0.25, 0.3) is 5.91 Å². The van der Waals surface area contributed by atoms with Crippen LogP contribution in [-0.2, 0) is 4.79 Å². The lowest BCUT2D eigenvalue weighted by Gasteiger charge is -2.16. The van der Waals surface area contributed by atoms with Gasteiger partial charge in [-0.3, -0.25) is 9.59 Å². The summed E-state index contributed by atoms with van der Waals surface area (Å²) in [7, 11) is 0. The number of hydrogen-bond acceptors (Lipinski definition) is 3. The summed E-state index contributed by atoms with van der Waals surface area (Å²) in [5.41, 5.74) is 2.20. The molecule has 0 spiro atoms. The van der Waals surface area contributed by atoms with E-state index in [0.717, 1.165) is 0 Å². The maximum Gasteiger partial charge on any atom is 0.265 e. The fourth-order valence-corrected chi connectivity index (χ4v) is 2.32. The molecule has 2 aromatic rings. The van der Waals surface area contributed by atoms with Gasteiger partial charge in [0.15, 0.2) is 11.9 Å². The molecule has 4 heteroatoms. The van der Waals surface area contributed by atoms with Crippen LogP contribution in [0, 0.1) is 0 Å². The van der Waals surface area contributed by atoms with Crippen molar-refractivity contribution in [3.05, 3.63) is 59.7 Å². The molecule has 0 aromatic heterocycles. The molecule has 0 saturated carbocycles. The first-order chi connectivity index (χ1) is 11.4. The first kappa shape index (κ1) is 17.7. The van der Waals surface area contributed by atoms with Gasteiger partial charge in [0, 0.05) is 5.56 Å². The van der Waals surface area contributed by atoms with Gasteiger partial charge in [0.05, 0.1) is 5.69 Å². The summed E-state index contributed by atoms with van der Waals surface area (Å²) < 4.78 is 5.69. The van der Waals surface area contributed by atoms with Crippen LogP contribution >= 0.6 is 0 Å². The smallest absolute Gasteiger partial charge is 0.265 e. The van der Waals surface area contributed by atoms with E-state index in [-0.39, 0.29) is 11.7 Å². The Balaban J connectivity index is 2.03. The van der Waals surface area contributed by atoms with Crippen LogP contribution in [0.5, 0.6) is 5.75 Å². The summed E-state index contributed by atoms with van der Waals surface area (Å²) in [5, 5.41) is 2.76. The zero-order chi connectivity index (χ0) is 17.7. The lowest BCUT2D eigenvalue weighted by Crippen LogP contribution is -2.30. The molecule has 2 aromatic carbocycles. The fourth-order valence-electron chi connectivity index (χ4n) is 2.32. The SMILES string of the molecule is CC(=O)c1ccccc1NC(=O)C(C)Oc1ccc(C(C)C)cc1. The van der Waals surface area contributed by atoms with Gasteiger partial charge in [-0.25, -0.2) is 0 Å². The molecule has 1 amide bonds. The number of anilines is 1. The van der Waals surface area contributed by atoms with Crippen molar-refractivity contribution in [2.75, 3.05) is 5.32 Å². The molecular weight excluding hydrogens is 302 g/mol. The number of para-hydroxylation sites is 1. The number of ketones is 1. The number of carbonyl (C=O) groups excluding carboxylic acids is 2. The maximum atomic E-state index is 12.3. The van der Waals surface area contributed by atoms with E-state index in [1.807, 2.05) is 24.3 Å². The minimum Gasteiger partial charge on any atom is -0.481 e. The van der Waals surface area contributed by atoms with Crippen molar-refractivity contribution in [3.8, 4) is 5.75 Å². The highest BCUT2D eigenvalue weighted by Crippen LogP contribution is 2.20. The summed E-state index contributed by atoms with van der Waals surface area (Å²) in [6, 6.07) is 14.7. The van der Waals surface area contributed by atoms with Gasteiger partial charge in [-0.1, -0.05) is 38.1 Å². The second kappa shape index (κ2) is 7.77. The van der Waals surface area contributed by atoms with Crippen molar-refractivity contribution < 1.29 is 14.3 Å². The van der Waals surface area contributed by atoms with E-state index < -0.39 is 6.10 Å². The average molecular weight is 325 g/mol. The highest BCUT2D eigenvalue weighted by Gasteiger charge is 2.17. The molecule has 0 bridgehead atoms. The van der Waals surface area contributed by atoms with Crippen molar-refractivity contribution >= 4 is 17.4 Å². The Morgan fingerprint density at radius 3 is 2.17 bits per heavy atom. The Morgan fingerprint density at radius 1 is 0.958 bits per heavy atom. The van der Waals surface area contributed by atoms with Crippen molar-refractivity contribution in [2.24, 2.45) is 0 Å². The maximum absolute atomic E-state index is 12.3. The molecule has 0 radical (unpaired) electrons. The third-order valence-corrected chi connectivity index (χ3v) is 3.79. The molecule has 0 aliphatic heterocycles. The third-order valence-electron chi connectivity index (χ3n) is 3.79. The van der Waals surface area contributed by atoms with Crippen LogP contribution in [0.2, 0.25) is 0 Å². The molecule has 126 valence electrons. The van der Waals surface area contributed by atoms with Crippen molar-refractivity contribution in [1.82, 2.24) is 0 Å². The molecular formula is C20H23NO3. The minimum atomic E-state index is -0.671. The highest BCUT2D eigenvalue weighted by atomic mass is 16.5. The van der Waals surface area contributed by atoms with Crippen molar-refractivity contribution in [3.63, 3.8) is 0 Å². The van der Waals surface area contributed by atoms with Crippen LogP contribution in [0.3, 0.4) is 0 Å². The van der Waals surface area contributed by atoms with Gasteiger partial charge in [-0.2, -0.15) is 0 Å². The van der Waals surface area contributed by atoms with Gasteiger partial charge >= 0.3 is 0 Å². The third kappa shape index (κ3) is 4.44. The Labute approximate surface area is 142 Å². The van der Waals surface area contributed by atoms with Crippen LogP contribution in [0.25, 0.3) is 0 Å². The topological polar surface area (TPSA) is 55.4 Å². The van der Waals surface area contributed by atoms with Crippen LogP contribution in [0.1, 0.15) is 49.5 Å². The monoisotopic (exact) mass is 325 g/mol.